The predicted molar refractivity (Wildman–Crippen MR) is 63.4 cm³/mol. The SMILES string of the molecule is CC1CCCc2cc(-c3cccs3)oc21. The van der Waals surface area contributed by atoms with Crippen LogP contribution in [0.1, 0.15) is 37.0 Å². The lowest BCUT2D eigenvalue weighted by Gasteiger charge is -2.15. The van der Waals surface area contributed by atoms with Gasteiger partial charge in [-0.05, 0) is 42.3 Å². The first-order valence-electron chi connectivity index (χ1n) is 5.51. The number of hydrogen-bond donors (Lipinski definition) is 0. The van der Waals surface area contributed by atoms with Gasteiger partial charge < -0.3 is 4.42 Å². The molecule has 0 bridgehead atoms. The molecule has 2 aromatic rings. The van der Waals surface area contributed by atoms with Crippen molar-refractivity contribution in [1.29, 1.82) is 0 Å². The van der Waals surface area contributed by atoms with Crippen molar-refractivity contribution in [2.24, 2.45) is 0 Å². The first-order chi connectivity index (χ1) is 7.34. The zero-order valence-corrected chi connectivity index (χ0v) is 9.64. The number of aryl methyl sites for hydroxylation is 1. The minimum atomic E-state index is 0.600. The molecule has 1 atom stereocenters. The summed E-state index contributed by atoms with van der Waals surface area (Å²) >= 11 is 1.75. The molecular formula is C13H14OS. The maximum Gasteiger partial charge on any atom is 0.144 e. The van der Waals surface area contributed by atoms with E-state index in [0.29, 0.717) is 5.92 Å². The first-order valence-corrected chi connectivity index (χ1v) is 6.39. The Bertz CT molecular complexity index is 453. The van der Waals surface area contributed by atoms with Crippen molar-refractivity contribution >= 4 is 11.3 Å². The lowest BCUT2D eigenvalue weighted by Crippen LogP contribution is -2.03. The van der Waals surface area contributed by atoms with Gasteiger partial charge in [-0.3, -0.25) is 0 Å². The van der Waals surface area contributed by atoms with E-state index in [1.165, 1.54) is 35.5 Å². The zero-order valence-electron chi connectivity index (χ0n) is 8.82. The van der Waals surface area contributed by atoms with Gasteiger partial charge in [0.1, 0.15) is 11.5 Å². The fourth-order valence-electron chi connectivity index (χ4n) is 2.33. The molecule has 3 rings (SSSR count). The summed E-state index contributed by atoms with van der Waals surface area (Å²) in [6.45, 7) is 2.26. The molecule has 15 heavy (non-hydrogen) atoms. The Balaban J connectivity index is 2.06. The van der Waals surface area contributed by atoms with Crippen molar-refractivity contribution in [2.45, 2.75) is 32.1 Å². The highest BCUT2D eigenvalue weighted by atomic mass is 32.1. The lowest BCUT2D eigenvalue weighted by molar-refractivity contribution is 0.440. The highest BCUT2D eigenvalue weighted by Crippen LogP contribution is 2.37. The van der Waals surface area contributed by atoms with E-state index < -0.39 is 0 Å². The predicted octanol–water partition coefficient (Wildman–Crippen LogP) is 4.45. The Morgan fingerprint density at radius 1 is 1.47 bits per heavy atom. The Morgan fingerprint density at radius 3 is 3.13 bits per heavy atom. The second kappa shape index (κ2) is 3.53. The van der Waals surface area contributed by atoms with E-state index in [0.717, 1.165) is 5.76 Å². The molecule has 1 aliphatic carbocycles. The molecular weight excluding hydrogens is 204 g/mol. The topological polar surface area (TPSA) is 13.1 Å². The van der Waals surface area contributed by atoms with Crippen molar-refractivity contribution < 1.29 is 4.42 Å². The summed E-state index contributed by atoms with van der Waals surface area (Å²) in [6.07, 6.45) is 3.76. The molecule has 0 radical (unpaired) electrons. The Labute approximate surface area is 93.7 Å². The number of thiophene rings is 1. The maximum absolute atomic E-state index is 5.97. The first kappa shape index (κ1) is 9.22. The van der Waals surface area contributed by atoms with Gasteiger partial charge in [0.05, 0.1) is 4.88 Å². The molecule has 1 aliphatic rings. The van der Waals surface area contributed by atoms with Crippen LogP contribution in [0.25, 0.3) is 10.6 Å². The van der Waals surface area contributed by atoms with Gasteiger partial charge in [0.2, 0.25) is 0 Å². The average Bonchev–Trinajstić information content (AvgIpc) is 2.86. The summed E-state index contributed by atoms with van der Waals surface area (Å²) in [6, 6.07) is 6.43. The lowest BCUT2D eigenvalue weighted by atomic mass is 9.90. The quantitative estimate of drug-likeness (QED) is 0.689. The third kappa shape index (κ3) is 1.53. The Morgan fingerprint density at radius 2 is 2.40 bits per heavy atom. The number of furan rings is 1. The summed E-state index contributed by atoms with van der Waals surface area (Å²) in [7, 11) is 0. The zero-order chi connectivity index (χ0) is 10.3. The van der Waals surface area contributed by atoms with Gasteiger partial charge in [-0.15, -0.1) is 11.3 Å². The van der Waals surface area contributed by atoms with Gasteiger partial charge in [0.25, 0.3) is 0 Å². The maximum atomic E-state index is 5.97. The molecule has 0 fully saturated rings. The molecule has 0 N–H and O–H groups in total. The molecule has 2 heterocycles. The van der Waals surface area contributed by atoms with Crippen molar-refractivity contribution in [3.63, 3.8) is 0 Å². The van der Waals surface area contributed by atoms with Crippen LogP contribution in [0, 0.1) is 0 Å². The van der Waals surface area contributed by atoms with Gasteiger partial charge >= 0.3 is 0 Å². The van der Waals surface area contributed by atoms with Crippen LogP contribution in [0.5, 0.6) is 0 Å². The highest BCUT2D eigenvalue weighted by Gasteiger charge is 2.22. The van der Waals surface area contributed by atoms with Crippen molar-refractivity contribution in [1.82, 2.24) is 0 Å². The van der Waals surface area contributed by atoms with Crippen LogP contribution in [0.4, 0.5) is 0 Å². The number of hydrogen-bond acceptors (Lipinski definition) is 2. The molecule has 2 aromatic heterocycles. The molecule has 0 aliphatic heterocycles. The second-order valence-electron chi connectivity index (χ2n) is 4.27. The van der Waals surface area contributed by atoms with E-state index in [4.69, 9.17) is 4.42 Å². The number of rotatable bonds is 1. The molecule has 1 unspecified atom stereocenters. The molecule has 2 heteroatoms. The van der Waals surface area contributed by atoms with Crippen LogP contribution in [-0.4, -0.2) is 0 Å². The van der Waals surface area contributed by atoms with E-state index >= 15 is 0 Å². The van der Waals surface area contributed by atoms with Crippen LogP contribution >= 0.6 is 11.3 Å². The van der Waals surface area contributed by atoms with E-state index in [2.05, 4.69) is 30.5 Å². The normalized spacial score (nSPS) is 20.2. The van der Waals surface area contributed by atoms with Crippen molar-refractivity contribution in [2.75, 3.05) is 0 Å². The van der Waals surface area contributed by atoms with E-state index in [9.17, 15) is 0 Å². The molecule has 0 amide bonds. The average molecular weight is 218 g/mol. The second-order valence-corrected chi connectivity index (χ2v) is 5.22. The van der Waals surface area contributed by atoms with E-state index in [1.54, 1.807) is 11.3 Å². The van der Waals surface area contributed by atoms with Gasteiger partial charge in [-0.2, -0.15) is 0 Å². The van der Waals surface area contributed by atoms with Gasteiger partial charge in [0.15, 0.2) is 0 Å². The minimum Gasteiger partial charge on any atom is -0.460 e. The molecule has 0 saturated carbocycles. The molecule has 0 aromatic carbocycles. The smallest absolute Gasteiger partial charge is 0.144 e. The highest BCUT2D eigenvalue weighted by molar-refractivity contribution is 7.13. The summed E-state index contributed by atoms with van der Waals surface area (Å²) in [5, 5.41) is 2.10. The summed E-state index contributed by atoms with van der Waals surface area (Å²) < 4.78 is 5.97. The van der Waals surface area contributed by atoms with Crippen LogP contribution in [0.15, 0.2) is 28.0 Å². The largest absolute Gasteiger partial charge is 0.460 e. The Kier molecular flexibility index (Phi) is 2.17. The fraction of sp³-hybridized carbons (Fsp3) is 0.385. The summed E-state index contributed by atoms with van der Waals surface area (Å²) in [5.74, 6) is 2.89. The van der Waals surface area contributed by atoms with Crippen LogP contribution < -0.4 is 0 Å². The van der Waals surface area contributed by atoms with Crippen LogP contribution in [0.3, 0.4) is 0 Å². The molecule has 78 valence electrons. The summed E-state index contributed by atoms with van der Waals surface area (Å²) in [5.41, 5.74) is 1.43. The third-order valence-electron chi connectivity index (χ3n) is 3.14. The van der Waals surface area contributed by atoms with Gasteiger partial charge in [-0.1, -0.05) is 13.0 Å². The summed E-state index contributed by atoms with van der Waals surface area (Å²) in [4.78, 5) is 1.25. The van der Waals surface area contributed by atoms with Gasteiger partial charge in [-0.25, -0.2) is 0 Å². The molecule has 0 saturated heterocycles. The molecule has 0 spiro atoms. The fourth-order valence-corrected chi connectivity index (χ4v) is 3.00. The minimum absolute atomic E-state index is 0.600. The number of fused-ring (bicyclic) bond motifs is 1. The van der Waals surface area contributed by atoms with E-state index in [1.807, 2.05) is 0 Å². The van der Waals surface area contributed by atoms with Crippen LogP contribution in [0.2, 0.25) is 0 Å². The molecule has 1 nitrogen and oxygen atoms in total. The third-order valence-corrected chi connectivity index (χ3v) is 4.02. The van der Waals surface area contributed by atoms with Crippen LogP contribution in [-0.2, 0) is 6.42 Å². The van der Waals surface area contributed by atoms with E-state index in [-0.39, 0.29) is 0 Å². The van der Waals surface area contributed by atoms with Crippen molar-refractivity contribution in [3.8, 4) is 10.6 Å². The Hall–Kier alpha value is -1.02. The standard InChI is InChI=1S/C13H14OS/c1-9-4-2-5-10-8-11(14-13(9)10)12-6-3-7-15-12/h3,6-9H,2,4-5H2,1H3. The van der Waals surface area contributed by atoms with Gasteiger partial charge in [0, 0.05) is 5.92 Å². The van der Waals surface area contributed by atoms with Crippen molar-refractivity contribution in [3.05, 3.63) is 34.9 Å². The monoisotopic (exact) mass is 218 g/mol.